The minimum absolute atomic E-state index is 0.455. The molecule has 0 fully saturated rings. The van der Waals surface area contributed by atoms with E-state index < -0.39 is 0 Å². The van der Waals surface area contributed by atoms with E-state index >= 15 is 0 Å². The maximum absolute atomic E-state index is 5.84. The molecular weight excluding hydrogens is 270 g/mol. The molecule has 20 heavy (non-hydrogen) atoms. The van der Waals surface area contributed by atoms with Crippen molar-refractivity contribution < 1.29 is 0 Å². The van der Waals surface area contributed by atoms with Gasteiger partial charge >= 0.3 is 0 Å². The molecule has 3 aromatic rings. The van der Waals surface area contributed by atoms with Crippen molar-refractivity contribution in [2.24, 2.45) is 12.8 Å². The van der Waals surface area contributed by atoms with E-state index in [0.717, 1.165) is 32.5 Å². The molecule has 0 saturated carbocycles. The number of aromatic nitrogens is 4. The fourth-order valence-electron chi connectivity index (χ4n) is 1.94. The van der Waals surface area contributed by atoms with Crippen molar-refractivity contribution in [3.63, 3.8) is 0 Å². The molecule has 0 saturated heterocycles. The number of benzene rings is 1. The number of aryl methyl sites for hydroxylation is 1. The fourth-order valence-corrected chi connectivity index (χ4v) is 2.88. The Balaban J connectivity index is 2.07. The summed E-state index contributed by atoms with van der Waals surface area (Å²) in [6, 6.07) is 10.1. The monoisotopic (exact) mass is 285 g/mol. The molecule has 0 radical (unpaired) electrons. The molecule has 0 spiro atoms. The first kappa shape index (κ1) is 13.1. The molecule has 0 unspecified atom stereocenters. The zero-order valence-corrected chi connectivity index (χ0v) is 12.2. The molecule has 2 aromatic heterocycles. The van der Waals surface area contributed by atoms with Crippen molar-refractivity contribution in [1.82, 2.24) is 19.7 Å². The Labute approximate surface area is 121 Å². The first-order chi connectivity index (χ1) is 9.69. The normalized spacial score (nSPS) is 11.2. The summed E-state index contributed by atoms with van der Waals surface area (Å²) >= 11 is 1.50. The van der Waals surface area contributed by atoms with Gasteiger partial charge in [-0.3, -0.25) is 0 Å². The second-order valence-electron chi connectivity index (χ2n) is 4.54. The topological polar surface area (TPSA) is 69.6 Å². The summed E-state index contributed by atoms with van der Waals surface area (Å²) in [6.45, 7) is 2.38. The molecule has 102 valence electrons. The maximum atomic E-state index is 5.84. The van der Waals surface area contributed by atoms with Crippen LogP contribution in [0.5, 0.6) is 0 Å². The van der Waals surface area contributed by atoms with Crippen LogP contribution in [-0.4, -0.2) is 19.7 Å². The zero-order chi connectivity index (χ0) is 14.1. The van der Waals surface area contributed by atoms with Crippen LogP contribution in [0.1, 0.15) is 11.4 Å². The summed E-state index contributed by atoms with van der Waals surface area (Å²) in [7, 11) is 1.95. The van der Waals surface area contributed by atoms with Crippen LogP contribution in [0.3, 0.4) is 0 Å². The fraction of sp³-hybridized carbons (Fsp3) is 0.214. The third-order valence-electron chi connectivity index (χ3n) is 3.22. The lowest BCUT2D eigenvalue weighted by atomic mass is 10.1. The van der Waals surface area contributed by atoms with Crippen molar-refractivity contribution in [2.45, 2.75) is 23.7 Å². The number of hydrogen-bond acceptors (Lipinski definition) is 5. The maximum Gasteiger partial charge on any atom is 0.197 e. The van der Waals surface area contributed by atoms with Gasteiger partial charge in [-0.1, -0.05) is 18.2 Å². The molecule has 0 aliphatic carbocycles. The molecular formula is C14H15N5S. The van der Waals surface area contributed by atoms with E-state index in [-0.39, 0.29) is 0 Å². The number of fused-ring (bicyclic) bond motifs is 1. The van der Waals surface area contributed by atoms with E-state index in [9.17, 15) is 0 Å². The molecule has 0 amide bonds. The van der Waals surface area contributed by atoms with Gasteiger partial charge in [0.25, 0.3) is 0 Å². The van der Waals surface area contributed by atoms with Crippen LogP contribution in [0, 0.1) is 6.92 Å². The lowest BCUT2D eigenvalue weighted by molar-refractivity contribution is 0.764. The molecule has 2 heterocycles. The summed E-state index contributed by atoms with van der Waals surface area (Å²) in [6.07, 6.45) is 0. The number of para-hydroxylation sites is 1. The zero-order valence-electron chi connectivity index (χ0n) is 11.4. The number of rotatable bonds is 3. The first-order valence-electron chi connectivity index (χ1n) is 6.31. The predicted molar refractivity (Wildman–Crippen MR) is 79.5 cm³/mol. The van der Waals surface area contributed by atoms with E-state index in [2.05, 4.69) is 16.3 Å². The van der Waals surface area contributed by atoms with Crippen LogP contribution in [0.15, 0.2) is 40.5 Å². The van der Waals surface area contributed by atoms with Crippen LogP contribution in [-0.2, 0) is 13.6 Å². The highest BCUT2D eigenvalue weighted by molar-refractivity contribution is 7.99. The lowest BCUT2D eigenvalue weighted by Crippen LogP contribution is -2.02. The average molecular weight is 285 g/mol. The molecule has 0 bridgehead atoms. The van der Waals surface area contributed by atoms with Crippen LogP contribution in [0.4, 0.5) is 0 Å². The Bertz CT molecular complexity index is 765. The SMILES string of the molecule is Cc1nnc(Sc2nc3ccccc3cc2CN)n1C. The minimum atomic E-state index is 0.455. The van der Waals surface area contributed by atoms with Gasteiger partial charge in [-0.25, -0.2) is 4.98 Å². The predicted octanol–water partition coefficient (Wildman–Crippen LogP) is 2.28. The van der Waals surface area contributed by atoms with E-state index in [1.54, 1.807) is 0 Å². The highest BCUT2D eigenvalue weighted by atomic mass is 32.2. The summed E-state index contributed by atoms with van der Waals surface area (Å²) in [5.74, 6) is 0.877. The van der Waals surface area contributed by atoms with Gasteiger partial charge in [0.05, 0.1) is 5.52 Å². The van der Waals surface area contributed by atoms with E-state index in [0.29, 0.717) is 6.54 Å². The van der Waals surface area contributed by atoms with Crippen LogP contribution in [0.25, 0.3) is 10.9 Å². The summed E-state index contributed by atoms with van der Waals surface area (Å²) in [5.41, 5.74) is 7.83. The Morgan fingerprint density at radius 3 is 2.75 bits per heavy atom. The van der Waals surface area contributed by atoms with E-state index in [1.165, 1.54) is 11.8 Å². The highest BCUT2D eigenvalue weighted by Gasteiger charge is 2.12. The summed E-state index contributed by atoms with van der Waals surface area (Å²) < 4.78 is 1.95. The molecule has 5 nitrogen and oxygen atoms in total. The lowest BCUT2D eigenvalue weighted by Gasteiger charge is -2.08. The van der Waals surface area contributed by atoms with Gasteiger partial charge in [0.15, 0.2) is 5.16 Å². The molecule has 0 atom stereocenters. The summed E-state index contributed by atoms with van der Waals surface area (Å²) in [4.78, 5) is 4.69. The molecule has 0 aliphatic heterocycles. The largest absolute Gasteiger partial charge is 0.326 e. The molecule has 2 N–H and O–H groups in total. The van der Waals surface area contributed by atoms with Gasteiger partial charge in [-0.05, 0) is 36.4 Å². The third kappa shape index (κ3) is 2.28. The van der Waals surface area contributed by atoms with Crippen molar-refractivity contribution in [3.05, 3.63) is 41.7 Å². The quantitative estimate of drug-likeness (QED) is 0.799. The standard InChI is InChI=1S/C14H15N5S/c1-9-17-18-14(19(9)2)20-13-11(8-15)7-10-5-3-4-6-12(10)16-13/h3-7H,8,15H2,1-2H3. The molecule has 6 heteroatoms. The van der Waals surface area contributed by atoms with E-state index in [4.69, 9.17) is 10.7 Å². The third-order valence-corrected chi connectivity index (χ3v) is 4.31. The number of hydrogen-bond donors (Lipinski definition) is 1. The highest BCUT2D eigenvalue weighted by Crippen LogP contribution is 2.29. The van der Waals surface area contributed by atoms with Crippen LogP contribution in [0.2, 0.25) is 0 Å². The van der Waals surface area contributed by atoms with Crippen molar-refractivity contribution in [3.8, 4) is 0 Å². The Hall–Kier alpha value is -1.92. The first-order valence-corrected chi connectivity index (χ1v) is 7.13. The van der Waals surface area contributed by atoms with Gasteiger partial charge < -0.3 is 10.3 Å². The van der Waals surface area contributed by atoms with E-state index in [1.807, 2.05) is 42.8 Å². The molecule has 1 aromatic carbocycles. The smallest absolute Gasteiger partial charge is 0.197 e. The van der Waals surface area contributed by atoms with Gasteiger partial charge in [0.1, 0.15) is 10.9 Å². The number of nitrogens with zero attached hydrogens (tertiary/aromatic N) is 4. The second-order valence-corrected chi connectivity index (χ2v) is 5.50. The Morgan fingerprint density at radius 2 is 2.05 bits per heavy atom. The molecule has 3 rings (SSSR count). The number of pyridine rings is 1. The van der Waals surface area contributed by atoms with Crippen LogP contribution >= 0.6 is 11.8 Å². The van der Waals surface area contributed by atoms with Gasteiger partial charge in [0.2, 0.25) is 0 Å². The number of nitrogens with two attached hydrogens (primary N) is 1. The summed E-state index contributed by atoms with van der Waals surface area (Å²) in [5, 5.41) is 11.0. The second kappa shape index (κ2) is 5.22. The molecule has 0 aliphatic rings. The van der Waals surface area contributed by atoms with Gasteiger partial charge in [0, 0.05) is 19.0 Å². The van der Waals surface area contributed by atoms with Gasteiger partial charge in [-0.2, -0.15) is 0 Å². The van der Waals surface area contributed by atoms with Gasteiger partial charge in [-0.15, -0.1) is 10.2 Å². The van der Waals surface area contributed by atoms with Crippen LogP contribution < -0.4 is 5.73 Å². The van der Waals surface area contributed by atoms with Crippen molar-refractivity contribution in [1.29, 1.82) is 0 Å². The Kier molecular flexibility index (Phi) is 3.42. The minimum Gasteiger partial charge on any atom is -0.326 e. The average Bonchev–Trinajstić information content (AvgIpc) is 2.78. The van der Waals surface area contributed by atoms with Crippen molar-refractivity contribution >= 4 is 22.7 Å². The Morgan fingerprint density at radius 1 is 1.25 bits per heavy atom. The van der Waals surface area contributed by atoms with Crippen molar-refractivity contribution in [2.75, 3.05) is 0 Å².